The van der Waals surface area contributed by atoms with Gasteiger partial charge in [-0.2, -0.15) is 0 Å². The standard InChI is InChI=1S/C22H35NO4/c1-4-5-6-17-7-9-18(10-8-17)22(25)27-15-19-13-20(24)21(14-23-19)26-12-11-16(2)3/h13-14,16-18H,4-12,15H2,1-3H3,(H,23,24). The van der Waals surface area contributed by atoms with E-state index in [0.717, 1.165) is 38.0 Å². The van der Waals surface area contributed by atoms with E-state index in [-0.39, 0.29) is 23.9 Å². The predicted molar refractivity (Wildman–Crippen MR) is 107 cm³/mol. The van der Waals surface area contributed by atoms with E-state index in [1.54, 1.807) is 6.20 Å². The molecule has 0 saturated heterocycles. The zero-order chi connectivity index (χ0) is 19.6. The number of esters is 1. The van der Waals surface area contributed by atoms with E-state index in [0.29, 0.717) is 24.0 Å². The first-order valence-electron chi connectivity index (χ1n) is 10.5. The third kappa shape index (κ3) is 7.39. The Hall–Kier alpha value is -1.78. The van der Waals surface area contributed by atoms with Gasteiger partial charge in [-0.15, -0.1) is 0 Å². The van der Waals surface area contributed by atoms with Gasteiger partial charge in [0.05, 0.1) is 18.2 Å². The van der Waals surface area contributed by atoms with Crippen LogP contribution in [0.4, 0.5) is 0 Å². The van der Waals surface area contributed by atoms with Gasteiger partial charge in [0.2, 0.25) is 5.43 Å². The zero-order valence-electron chi connectivity index (χ0n) is 17.1. The molecule has 0 radical (unpaired) electrons. The average molecular weight is 378 g/mol. The van der Waals surface area contributed by atoms with Crippen LogP contribution in [0.1, 0.15) is 77.8 Å². The summed E-state index contributed by atoms with van der Waals surface area (Å²) in [6, 6.07) is 1.46. The van der Waals surface area contributed by atoms with Crippen LogP contribution in [-0.4, -0.2) is 17.6 Å². The molecule has 1 N–H and O–H groups in total. The van der Waals surface area contributed by atoms with E-state index in [1.165, 1.54) is 25.3 Å². The molecule has 0 atom stereocenters. The van der Waals surface area contributed by atoms with E-state index < -0.39 is 0 Å². The number of H-pyrrole nitrogens is 1. The molecular formula is C22H35NO4. The van der Waals surface area contributed by atoms with Crippen LogP contribution < -0.4 is 10.2 Å². The zero-order valence-corrected chi connectivity index (χ0v) is 17.1. The fourth-order valence-corrected chi connectivity index (χ4v) is 3.55. The minimum Gasteiger partial charge on any atom is -0.488 e. The molecule has 5 heteroatoms. The summed E-state index contributed by atoms with van der Waals surface area (Å²) in [7, 11) is 0. The van der Waals surface area contributed by atoms with E-state index in [4.69, 9.17) is 9.47 Å². The van der Waals surface area contributed by atoms with E-state index in [2.05, 4.69) is 25.8 Å². The predicted octanol–water partition coefficient (Wildman–Crippen LogP) is 4.84. The SMILES string of the molecule is CCCCC1CCC(C(=O)OCc2cc(=O)c(OCCC(C)C)c[nH]2)CC1. The summed E-state index contributed by atoms with van der Waals surface area (Å²) < 4.78 is 11.0. The lowest BCUT2D eigenvalue weighted by atomic mass is 9.80. The number of carbonyl (C=O) groups is 1. The van der Waals surface area contributed by atoms with Gasteiger partial charge in [0.1, 0.15) is 6.61 Å². The maximum atomic E-state index is 12.3. The molecule has 152 valence electrons. The van der Waals surface area contributed by atoms with Gasteiger partial charge in [-0.3, -0.25) is 9.59 Å². The van der Waals surface area contributed by atoms with E-state index >= 15 is 0 Å². The largest absolute Gasteiger partial charge is 0.488 e. The van der Waals surface area contributed by atoms with Crippen LogP contribution >= 0.6 is 0 Å². The quantitative estimate of drug-likeness (QED) is 0.592. The van der Waals surface area contributed by atoms with Crippen molar-refractivity contribution in [3.05, 3.63) is 28.2 Å². The summed E-state index contributed by atoms with van der Waals surface area (Å²) in [4.78, 5) is 27.4. The fraction of sp³-hybridized carbons (Fsp3) is 0.727. The number of carbonyl (C=O) groups excluding carboxylic acids is 1. The van der Waals surface area contributed by atoms with Gasteiger partial charge in [-0.05, 0) is 43.9 Å². The van der Waals surface area contributed by atoms with E-state index in [1.807, 2.05) is 0 Å². The summed E-state index contributed by atoms with van der Waals surface area (Å²) in [6.45, 7) is 7.08. The Labute approximate surface area is 162 Å². The average Bonchev–Trinajstić information content (AvgIpc) is 2.66. The second-order valence-corrected chi connectivity index (χ2v) is 8.19. The van der Waals surface area contributed by atoms with Gasteiger partial charge in [0.15, 0.2) is 5.75 Å². The van der Waals surface area contributed by atoms with Gasteiger partial charge < -0.3 is 14.5 Å². The van der Waals surface area contributed by atoms with Crippen molar-refractivity contribution in [3.63, 3.8) is 0 Å². The molecule has 0 spiro atoms. The lowest BCUT2D eigenvalue weighted by Crippen LogP contribution is -2.24. The summed E-state index contributed by atoms with van der Waals surface area (Å²) in [5, 5.41) is 0. The minimum atomic E-state index is -0.181. The molecule has 1 aliphatic carbocycles. The molecule has 1 aromatic heterocycles. The Bertz CT molecular complexity index is 629. The van der Waals surface area contributed by atoms with Gasteiger partial charge in [0.25, 0.3) is 0 Å². The summed E-state index contributed by atoms with van der Waals surface area (Å²) >= 11 is 0. The normalized spacial score (nSPS) is 19.9. The summed E-state index contributed by atoms with van der Waals surface area (Å²) in [5.41, 5.74) is 0.418. The van der Waals surface area contributed by atoms with Crippen LogP contribution in [0.3, 0.4) is 0 Å². The molecule has 0 aromatic carbocycles. The number of hydrogen-bond acceptors (Lipinski definition) is 4. The van der Waals surface area contributed by atoms with Gasteiger partial charge in [-0.1, -0.05) is 40.0 Å². The Kier molecular flexibility index (Phi) is 8.89. The lowest BCUT2D eigenvalue weighted by molar-refractivity contribution is -0.151. The first-order valence-corrected chi connectivity index (χ1v) is 10.5. The van der Waals surface area contributed by atoms with Crippen molar-refractivity contribution in [1.29, 1.82) is 0 Å². The number of pyridine rings is 1. The number of aromatic nitrogens is 1. The molecule has 2 rings (SSSR count). The van der Waals surface area contributed by atoms with Gasteiger partial charge >= 0.3 is 5.97 Å². The Morgan fingerprint density at radius 2 is 2.00 bits per heavy atom. The van der Waals surface area contributed by atoms with Gasteiger partial charge in [0, 0.05) is 12.3 Å². The topological polar surface area (TPSA) is 68.4 Å². The first kappa shape index (κ1) is 21.5. The molecule has 1 heterocycles. The third-order valence-electron chi connectivity index (χ3n) is 5.41. The van der Waals surface area contributed by atoms with Crippen molar-refractivity contribution in [1.82, 2.24) is 4.98 Å². The number of rotatable bonds is 10. The van der Waals surface area contributed by atoms with E-state index in [9.17, 15) is 9.59 Å². The number of unbranched alkanes of at least 4 members (excludes halogenated alkanes) is 1. The second-order valence-electron chi connectivity index (χ2n) is 8.19. The van der Waals surface area contributed by atoms with Crippen molar-refractivity contribution in [2.45, 2.75) is 78.7 Å². The molecule has 1 fully saturated rings. The first-order chi connectivity index (χ1) is 13.0. The summed E-state index contributed by atoms with van der Waals surface area (Å²) in [5.74, 6) is 1.49. The monoisotopic (exact) mass is 377 g/mol. The number of hydrogen-bond donors (Lipinski definition) is 1. The van der Waals surface area contributed by atoms with Crippen LogP contribution in [0.25, 0.3) is 0 Å². The maximum absolute atomic E-state index is 12.3. The lowest BCUT2D eigenvalue weighted by Gasteiger charge is -2.27. The third-order valence-corrected chi connectivity index (χ3v) is 5.41. The molecule has 1 aromatic rings. The van der Waals surface area contributed by atoms with Crippen LogP contribution in [0, 0.1) is 17.8 Å². The number of nitrogens with one attached hydrogen (secondary N) is 1. The Morgan fingerprint density at radius 3 is 2.63 bits per heavy atom. The van der Waals surface area contributed by atoms with Crippen LogP contribution in [0.15, 0.2) is 17.1 Å². The molecule has 27 heavy (non-hydrogen) atoms. The highest BCUT2D eigenvalue weighted by Crippen LogP contribution is 2.32. The minimum absolute atomic E-state index is 0.00763. The van der Waals surface area contributed by atoms with Crippen LogP contribution in [0.2, 0.25) is 0 Å². The molecular weight excluding hydrogens is 342 g/mol. The van der Waals surface area contributed by atoms with Crippen LogP contribution in [0.5, 0.6) is 5.75 Å². The smallest absolute Gasteiger partial charge is 0.309 e. The van der Waals surface area contributed by atoms with Crippen molar-refractivity contribution in [2.75, 3.05) is 6.61 Å². The summed E-state index contributed by atoms with van der Waals surface area (Å²) in [6.07, 6.45) is 10.4. The molecule has 0 amide bonds. The number of aromatic amines is 1. The Balaban J connectivity index is 1.75. The number of ether oxygens (including phenoxy) is 2. The molecule has 0 aliphatic heterocycles. The molecule has 0 unspecified atom stereocenters. The van der Waals surface area contributed by atoms with Crippen molar-refractivity contribution >= 4 is 5.97 Å². The molecule has 1 saturated carbocycles. The van der Waals surface area contributed by atoms with Gasteiger partial charge in [-0.25, -0.2) is 0 Å². The molecule has 1 aliphatic rings. The fourth-order valence-electron chi connectivity index (χ4n) is 3.55. The van der Waals surface area contributed by atoms with Crippen molar-refractivity contribution in [2.24, 2.45) is 17.8 Å². The van der Waals surface area contributed by atoms with Crippen molar-refractivity contribution in [3.8, 4) is 5.75 Å². The highest BCUT2D eigenvalue weighted by Gasteiger charge is 2.27. The van der Waals surface area contributed by atoms with Crippen molar-refractivity contribution < 1.29 is 14.3 Å². The Morgan fingerprint density at radius 1 is 1.26 bits per heavy atom. The highest BCUT2D eigenvalue weighted by molar-refractivity contribution is 5.72. The maximum Gasteiger partial charge on any atom is 0.309 e. The van der Waals surface area contributed by atoms with Crippen LogP contribution in [-0.2, 0) is 16.1 Å². The highest BCUT2D eigenvalue weighted by atomic mass is 16.5. The second kappa shape index (κ2) is 11.2. The molecule has 5 nitrogen and oxygen atoms in total. The molecule has 0 bridgehead atoms.